The summed E-state index contributed by atoms with van der Waals surface area (Å²) in [5, 5.41) is 12.9. The molecule has 3 aromatic rings. The number of fused-ring (bicyclic) bond motifs is 1. The number of hydrogen-bond donors (Lipinski definition) is 1. The van der Waals surface area contributed by atoms with Crippen LogP contribution in [0, 0.1) is 0 Å². The predicted octanol–water partition coefficient (Wildman–Crippen LogP) is 1.54. The van der Waals surface area contributed by atoms with E-state index in [0.717, 1.165) is 0 Å². The van der Waals surface area contributed by atoms with Gasteiger partial charge in [0.1, 0.15) is 0 Å². The number of ether oxygens (including phenoxy) is 2. The largest absolute Gasteiger partial charge is 0.376 e. The molecule has 1 atom stereocenters. The lowest BCUT2D eigenvalue weighted by molar-refractivity contribution is -0.0837. The Kier molecular flexibility index (Phi) is 4.72. The van der Waals surface area contributed by atoms with Crippen molar-refractivity contribution in [3.05, 3.63) is 22.4 Å². The van der Waals surface area contributed by atoms with Gasteiger partial charge in [-0.1, -0.05) is 6.07 Å². The van der Waals surface area contributed by atoms with E-state index in [-0.39, 0.29) is 6.10 Å². The van der Waals surface area contributed by atoms with Crippen molar-refractivity contribution in [1.29, 1.82) is 0 Å². The standard InChI is InChI=1S/C15H18N6O3S/c1-21(8-10-9-22-4-5-23-10)15-14(16-7-11-3-2-6-25-11)17-12-13(18-15)20-24-19-12/h2-3,6,10H,4-5,7-9H2,1H3,(H,16,17,19). The molecule has 10 heteroatoms. The number of hydrogen-bond acceptors (Lipinski definition) is 10. The molecule has 0 amide bonds. The zero-order valence-corrected chi connectivity index (χ0v) is 14.5. The monoisotopic (exact) mass is 362 g/mol. The van der Waals surface area contributed by atoms with E-state index in [4.69, 9.17) is 14.1 Å². The molecule has 1 aliphatic heterocycles. The Hall–Kier alpha value is -2.30. The number of aromatic nitrogens is 4. The molecule has 25 heavy (non-hydrogen) atoms. The van der Waals surface area contributed by atoms with Crippen molar-refractivity contribution >= 4 is 34.3 Å². The maximum absolute atomic E-state index is 5.72. The van der Waals surface area contributed by atoms with Crippen LogP contribution in [-0.4, -0.2) is 59.8 Å². The highest BCUT2D eigenvalue weighted by molar-refractivity contribution is 7.09. The Labute approximate surface area is 147 Å². The molecule has 132 valence electrons. The van der Waals surface area contributed by atoms with Crippen LogP contribution in [-0.2, 0) is 16.0 Å². The first-order valence-electron chi connectivity index (χ1n) is 7.96. The van der Waals surface area contributed by atoms with E-state index in [1.807, 2.05) is 23.4 Å². The van der Waals surface area contributed by atoms with Gasteiger partial charge in [0.2, 0.25) is 11.3 Å². The molecule has 1 fully saturated rings. The molecular weight excluding hydrogens is 344 g/mol. The maximum atomic E-state index is 5.72. The summed E-state index contributed by atoms with van der Waals surface area (Å²) < 4.78 is 15.9. The third-order valence-electron chi connectivity index (χ3n) is 3.83. The zero-order valence-electron chi connectivity index (χ0n) is 13.7. The third-order valence-corrected chi connectivity index (χ3v) is 4.71. The van der Waals surface area contributed by atoms with Crippen LogP contribution in [0.4, 0.5) is 11.6 Å². The lowest BCUT2D eigenvalue weighted by Crippen LogP contribution is -2.39. The van der Waals surface area contributed by atoms with Crippen molar-refractivity contribution < 1.29 is 14.1 Å². The number of nitrogens with one attached hydrogen (secondary N) is 1. The Morgan fingerprint density at radius 2 is 2.16 bits per heavy atom. The summed E-state index contributed by atoms with van der Waals surface area (Å²) in [4.78, 5) is 12.2. The van der Waals surface area contributed by atoms with Gasteiger partial charge in [-0.3, -0.25) is 0 Å². The van der Waals surface area contributed by atoms with Crippen LogP contribution in [0.2, 0.25) is 0 Å². The molecule has 1 N–H and O–H groups in total. The molecule has 0 saturated carbocycles. The minimum atomic E-state index is -0.00294. The second-order valence-corrected chi connectivity index (χ2v) is 6.72. The van der Waals surface area contributed by atoms with Crippen LogP contribution in [0.15, 0.2) is 22.1 Å². The first kappa shape index (κ1) is 16.2. The van der Waals surface area contributed by atoms with Gasteiger partial charge in [0.15, 0.2) is 11.6 Å². The number of likely N-dealkylation sites (N-methyl/N-ethyl adjacent to an activating group) is 1. The molecule has 9 nitrogen and oxygen atoms in total. The molecule has 1 aliphatic rings. The molecule has 0 bridgehead atoms. The summed E-state index contributed by atoms with van der Waals surface area (Å²) in [6.07, 6.45) is -0.00294. The van der Waals surface area contributed by atoms with E-state index in [2.05, 4.69) is 31.7 Å². The summed E-state index contributed by atoms with van der Waals surface area (Å²) in [6, 6.07) is 4.09. The SMILES string of the molecule is CN(CC1COCCO1)c1nc2nonc2nc1NCc1cccs1. The van der Waals surface area contributed by atoms with Gasteiger partial charge in [-0.15, -0.1) is 11.3 Å². The highest BCUT2D eigenvalue weighted by Gasteiger charge is 2.21. The first-order valence-corrected chi connectivity index (χ1v) is 8.84. The van der Waals surface area contributed by atoms with Crippen molar-refractivity contribution in [3.8, 4) is 0 Å². The van der Waals surface area contributed by atoms with Gasteiger partial charge in [-0.25, -0.2) is 14.6 Å². The average Bonchev–Trinajstić information content (AvgIpc) is 3.31. The van der Waals surface area contributed by atoms with Gasteiger partial charge in [-0.2, -0.15) is 0 Å². The van der Waals surface area contributed by atoms with E-state index in [1.54, 1.807) is 11.3 Å². The molecule has 0 aromatic carbocycles. The Balaban J connectivity index is 1.56. The van der Waals surface area contributed by atoms with Crippen LogP contribution >= 0.6 is 11.3 Å². The van der Waals surface area contributed by atoms with Gasteiger partial charge >= 0.3 is 0 Å². The molecule has 0 aliphatic carbocycles. The fraction of sp³-hybridized carbons (Fsp3) is 0.467. The van der Waals surface area contributed by atoms with Crippen LogP contribution < -0.4 is 10.2 Å². The molecule has 0 radical (unpaired) electrons. The molecule has 1 saturated heterocycles. The van der Waals surface area contributed by atoms with Crippen LogP contribution in [0.5, 0.6) is 0 Å². The number of nitrogens with zero attached hydrogens (tertiary/aromatic N) is 5. The summed E-state index contributed by atoms with van der Waals surface area (Å²) in [7, 11) is 1.94. The van der Waals surface area contributed by atoms with Crippen LogP contribution in [0.3, 0.4) is 0 Å². The smallest absolute Gasteiger partial charge is 0.245 e. The van der Waals surface area contributed by atoms with Crippen LogP contribution in [0.25, 0.3) is 11.3 Å². The quantitative estimate of drug-likeness (QED) is 0.700. The molecule has 4 rings (SSSR count). The highest BCUT2D eigenvalue weighted by atomic mass is 32.1. The summed E-state index contributed by atoms with van der Waals surface area (Å²) in [5.74, 6) is 1.31. The minimum absolute atomic E-state index is 0.00294. The van der Waals surface area contributed by atoms with E-state index >= 15 is 0 Å². The second-order valence-electron chi connectivity index (χ2n) is 5.69. The molecule has 1 unspecified atom stereocenters. The van der Waals surface area contributed by atoms with Gasteiger partial charge in [0.05, 0.1) is 32.5 Å². The Morgan fingerprint density at radius 1 is 1.28 bits per heavy atom. The van der Waals surface area contributed by atoms with Crippen LogP contribution in [0.1, 0.15) is 4.88 Å². The number of anilines is 2. The lowest BCUT2D eigenvalue weighted by atomic mass is 10.3. The van der Waals surface area contributed by atoms with Crippen molar-refractivity contribution in [2.45, 2.75) is 12.6 Å². The molecule has 4 heterocycles. The lowest BCUT2D eigenvalue weighted by Gasteiger charge is -2.28. The number of rotatable bonds is 6. The maximum Gasteiger partial charge on any atom is 0.245 e. The highest BCUT2D eigenvalue weighted by Crippen LogP contribution is 2.24. The fourth-order valence-corrected chi connectivity index (χ4v) is 3.28. The Morgan fingerprint density at radius 3 is 2.92 bits per heavy atom. The Bertz CT molecular complexity index is 818. The summed E-state index contributed by atoms with van der Waals surface area (Å²) in [5.41, 5.74) is 0.757. The van der Waals surface area contributed by atoms with E-state index < -0.39 is 0 Å². The fourth-order valence-electron chi connectivity index (χ4n) is 2.63. The first-order chi connectivity index (χ1) is 12.3. The average molecular weight is 362 g/mol. The van der Waals surface area contributed by atoms with Crippen molar-refractivity contribution in [1.82, 2.24) is 20.3 Å². The molecule has 0 spiro atoms. The van der Waals surface area contributed by atoms with Gasteiger partial charge in [-0.05, 0) is 21.8 Å². The van der Waals surface area contributed by atoms with E-state index in [0.29, 0.717) is 55.8 Å². The number of thiophene rings is 1. The van der Waals surface area contributed by atoms with Crippen molar-refractivity contribution in [2.75, 3.05) is 43.6 Å². The minimum Gasteiger partial charge on any atom is -0.376 e. The van der Waals surface area contributed by atoms with Crippen molar-refractivity contribution in [3.63, 3.8) is 0 Å². The second kappa shape index (κ2) is 7.30. The normalized spacial score (nSPS) is 17.7. The van der Waals surface area contributed by atoms with Gasteiger partial charge in [0, 0.05) is 18.5 Å². The third kappa shape index (κ3) is 3.70. The summed E-state index contributed by atoms with van der Waals surface area (Å²) in [6.45, 7) is 3.12. The van der Waals surface area contributed by atoms with E-state index in [9.17, 15) is 0 Å². The molecule has 3 aromatic heterocycles. The zero-order chi connectivity index (χ0) is 17.1. The van der Waals surface area contributed by atoms with Gasteiger partial charge < -0.3 is 19.7 Å². The topological polar surface area (TPSA) is 98.4 Å². The van der Waals surface area contributed by atoms with Crippen molar-refractivity contribution in [2.24, 2.45) is 0 Å². The van der Waals surface area contributed by atoms with E-state index in [1.165, 1.54) is 4.88 Å². The molecular formula is C15H18N6O3S. The summed E-state index contributed by atoms with van der Waals surface area (Å²) >= 11 is 1.68. The van der Waals surface area contributed by atoms with Gasteiger partial charge in [0.25, 0.3) is 0 Å². The predicted molar refractivity (Wildman–Crippen MR) is 92.9 cm³/mol.